The van der Waals surface area contributed by atoms with E-state index in [0.29, 0.717) is 16.8 Å². The molecule has 0 saturated heterocycles. The zero-order valence-corrected chi connectivity index (χ0v) is 11.4. The summed E-state index contributed by atoms with van der Waals surface area (Å²) in [6.45, 7) is 0.475. The van der Waals surface area contributed by atoms with Crippen LogP contribution in [0, 0.1) is 5.21 Å². The SMILES string of the molecule is COc1cccc(CN(C)C(=O)c2cc[n+]([O-])cc2)c1. The van der Waals surface area contributed by atoms with Crippen LogP contribution in [0.2, 0.25) is 0 Å². The Morgan fingerprint density at radius 2 is 2.00 bits per heavy atom. The van der Waals surface area contributed by atoms with Crippen molar-refractivity contribution in [3.63, 3.8) is 0 Å². The first kappa shape index (κ1) is 13.9. The van der Waals surface area contributed by atoms with Crippen molar-refractivity contribution >= 4 is 5.91 Å². The van der Waals surface area contributed by atoms with E-state index in [-0.39, 0.29) is 5.91 Å². The molecule has 0 fully saturated rings. The largest absolute Gasteiger partial charge is 0.619 e. The van der Waals surface area contributed by atoms with E-state index >= 15 is 0 Å². The number of benzene rings is 1. The first-order valence-electron chi connectivity index (χ1n) is 6.17. The molecule has 0 bridgehead atoms. The lowest BCUT2D eigenvalue weighted by Crippen LogP contribution is -2.29. The highest BCUT2D eigenvalue weighted by Crippen LogP contribution is 2.14. The molecule has 0 spiro atoms. The van der Waals surface area contributed by atoms with Gasteiger partial charge in [-0.05, 0) is 17.7 Å². The average Bonchev–Trinajstić information content (AvgIpc) is 2.47. The summed E-state index contributed by atoms with van der Waals surface area (Å²) in [4.78, 5) is 13.8. The second-order valence-electron chi connectivity index (χ2n) is 4.46. The van der Waals surface area contributed by atoms with Crippen molar-refractivity contribution in [2.45, 2.75) is 6.54 Å². The summed E-state index contributed by atoms with van der Waals surface area (Å²) >= 11 is 0. The lowest BCUT2D eigenvalue weighted by atomic mass is 10.2. The third-order valence-corrected chi connectivity index (χ3v) is 2.95. The first-order valence-corrected chi connectivity index (χ1v) is 6.17. The van der Waals surface area contributed by atoms with Crippen molar-refractivity contribution in [2.24, 2.45) is 0 Å². The Kier molecular flexibility index (Phi) is 4.20. The number of pyridine rings is 1. The predicted octanol–water partition coefficient (Wildman–Crippen LogP) is 1.60. The number of carbonyl (C=O) groups excluding carboxylic acids is 1. The van der Waals surface area contributed by atoms with Gasteiger partial charge in [-0.3, -0.25) is 4.79 Å². The van der Waals surface area contributed by atoms with E-state index in [1.807, 2.05) is 24.3 Å². The number of amides is 1. The van der Waals surface area contributed by atoms with E-state index in [0.717, 1.165) is 11.3 Å². The lowest BCUT2D eigenvalue weighted by Gasteiger charge is -2.17. The van der Waals surface area contributed by atoms with E-state index in [1.165, 1.54) is 24.5 Å². The topological polar surface area (TPSA) is 56.5 Å². The van der Waals surface area contributed by atoms with Crippen LogP contribution in [0.1, 0.15) is 15.9 Å². The van der Waals surface area contributed by atoms with Gasteiger partial charge < -0.3 is 14.8 Å². The van der Waals surface area contributed by atoms with Gasteiger partial charge in [-0.2, -0.15) is 4.73 Å². The number of carbonyl (C=O) groups is 1. The Hall–Kier alpha value is -2.56. The van der Waals surface area contributed by atoms with Crippen LogP contribution in [0.15, 0.2) is 48.8 Å². The molecule has 0 radical (unpaired) electrons. The summed E-state index contributed by atoms with van der Waals surface area (Å²) in [5, 5.41) is 11.0. The molecule has 0 aliphatic carbocycles. The minimum Gasteiger partial charge on any atom is -0.619 e. The molecule has 1 amide bonds. The third-order valence-electron chi connectivity index (χ3n) is 2.95. The van der Waals surface area contributed by atoms with Crippen LogP contribution in [-0.2, 0) is 6.54 Å². The summed E-state index contributed by atoms with van der Waals surface area (Å²) in [6.07, 6.45) is 2.62. The van der Waals surface area contributed by atoms with E-state index < -0.39 is 0 Å². The maximum absolute atomic E-state index is 12.2. The van der Waals surface area contributed by atoms with Crippen LogP contribution in [0.3, 0.4) is 0 Å². The van der Waals surface area contributed by atoms with Crippen LogP contribution in [0.4, 0.5) is 0 Å². The Labute approximate surface area is 117 Å². The maximum atomic E-state index is 12.2. The van der Waals surface area contributed by atoms with E-state index in [1.54, 1.807) is 19.1 Å². The summed E-state index contributed by atoms with van der Waals surface area (Å²) in [5.74, 6) is 0.629. The zero-order valence-electron chi connectivity index (χ0n) is 11.4. The minimum absolute atomic E-state index is 0.131. The zero-order chi connectivity index (χ0) is 14.5. The van der Waals surface area contributed by atoms with Crippen LogP contribution in [-0.4, -0.2) is 25.0 Å². The van der Waals surface area contributed by atoms with Gasteiger partial charge in [-0.1, -0.05) is 12.1 Å². The average molecular weight is 272 g/mol. The normalized spacial score (nSPS) is 10.1. The highest BCUT2D eigenvalue weighted by molar-refractivity contribution is 5.93. The van der Waals surface area contributed by atoms with Crippen LogP contribution in [0.25, 0.3) is 0 Å². The molecular formula is C15H16N2O3. The molecule has 5 nitrogen and oxygen atoms in total. The molecule has 2 rings (SSSR count). The third kappa shape index (κ3) is 3.26. The molecule has 20 heavy (non-hydrogen) atoms. The van der Waals surface area contributed by atoms with E-state index in [9.17, 15) is 10.0 Å². The fourth-order valence-electron chi connectivity index (χ4n) is 1.89. The molecule has 0 unspecified atom stereocenters. The molecule has 104 valence electrons. The summed E-state index contributed by atoms with van der Waals surface area (Å²) in [6, 6.07) is 10.6. The minimum atomic E-state index is -0.131. The molecule has 0 aliphatic rings. The van der Waals surface area contributed by atoms with Crippen LogP contribution < -0.4 is 9.47 Å². The number of rotatable bonds is 4. The summed E-state index contributed by atoms with van der Waals surface area (Å²) in [7, 11) is 3.33. The van der Waals surface area contributed by atoms with Crippen molar-refractivity contribution in [1.82, 2.24) is 4.90 Å². The van der Waals surface area contributed by atoms with Crippen molar-refractivity contribution in [3.05, 3.63) is 65.1 Å². The molecule has 1 heterocycles. The van der Waals surface area contributed by atoms with Gasteiger partial charge in [0.25, 0.3) is 5.91 Å². The van der Waals surface area contributed by atoms with E-state index in [2.05, 4.69) is 0 Å². The van der Waals surface area contributed by atoms with Gasteiger partial charge in [0.1, 0.15) is 5.75 Å². The molecule has 5 heteroatoms. The lowest BCUT2D eigenvalue weighted by molar-refractivity contribution is -0.605. The van der Waals surface area contributed by atoms with Crippen LogP contribution in [0.5, 0.6) is 5.75 Å². The van der Waals surface area contributed by atoms with Gasteiger partial charge in [0, 0.05) is 25.7 Å². The number of methoxy groups -OCH3 is 1. The first-order chi connectivity index (χ1) is 9.60. The van der Waals surface area contributed by atoms with Crippen molar-refractivity contribution in [1.29, 1.82) is 0 Å². The Morgan fingerprint density at radius 3 is 2.65 bits per heavy atom. The predicted molar refractivity (Wildman–Crippen MR) is 74.2 cm³/mol. The number of hydrogen-bond acceptors (Lipinski definition) is 3. The number of hydrogen-bond donors (Lipinski definition) is 0. The molecule has 2 aromatic rings. The van der Waals surface area contributed by atoms with Crippen LogP contribution >= 0.6 is 0 Å². The van der Waals surface area contributed by atoms with Gasteiger partial charge in [0.15, 0.2) is 12.4 Å². The highest BCUT2D eigenvalue weighted by Gasteiger charge is 2.13. The second kappa shape index (κ2) is 6.06. The Morgan fingerprint density at radius 1 is 1.30 bits per heavy atom. The summed E-state index contributed by atoms with van der Waals surface area (Å²) < 4.78 is 5.81. The molecular weight excluding hydrogens is 256 g/mol. The molecule has 0 saturated carbocycles. The van der Waals surface area contributed by atoms with Gasteiger partial charge in [0.05, 0.1) is 12.7 Å². The van der Waals surface area contributed by atoms with Gasteiger partial charge in [0.2, 0.25) is 0 Å². The molecule has 0 aliphatic heterocycles. The van der Waals surface area contributed by atoms with Crippen molar-refractivity contribution in [3.8, 4) is 5.75 Å². The standard InChI is InChI=1S/C15H16N2O3/c1-16(11-12-4-3-5-14(10-12)20-2)15(18)13-6-8-17(19)9-7-13/h3-10H,11H2,1-2H3. The van der Waals surface area contributed by atoms with Gasteiger partial charge >= 0.3 is 0 Å². The number of nitrogens with zero attached hydrogens (tertiary/aromatic N) is 2. The molecule has 1 aromatic heterocycles. The smallest absolute Gasteiger partial charge is 0.254 e. The second-order valence-corrected chi connectivity index (χ2v) is 4.46. The Balaban J connectivity index is 2.09. The highest BCUT2D eigenvalue weighted by atomic mass is 16.5. The monoisotopic (exact) mass is 272 g/mol. The van der Waals surface area contributed by atoms with E-state index in [4.69, 9.17) is 4.74 Å². The van der Waals surface area contributed by atoms with Gasteiger partial charge in [-0.15, -0.1) is 0 Å². The fraction of sp³-hybridized carbons (Fsp3) is 0.200. The quantitative estimate of drug-likeness (QED) is 0.627. The molecule has 1 aromatic carbocycles. The molecule has 0 atom stereocenters. The number of aromatic nitrogens is 1. The van der Waals surface area contributed by atoms with Crippen molar-refractivity contribution in [2.75, 3.05) is 14.2 Å². The summed E-state index contributed by atoms with van der Waals surface area (Å²) in [5.41, 5.74) is 1.47. The van der Waals surface area contributed by atoms with Gasteiger partial charge in [-0.25, -0.2) is 0 Å². The van der Waals surface area contributed by atoms with Crippen molar-refractivity contribution < 1.29 is 14.3 Å². The maximum Gasteiger partial charge on any atom is 0.254 e. The fourth-order valence-corrected chi connectivity index (χ4v) is 1.89. The number of ether oxygens (including phenoxy) is 1. The Bertz CT molecular complexity index is 596. The molecule has 0 N–H and O–H groups in total.